The largest absolute Gasteiger partial charge is 0.352 e. The summed E-state index contributed by atoms with van der Waals surface area (Å²) in [6.07, 6.45) is 4.16. The fraction of sp³-hybridized carbons (Fsp3) is 0.529. The van der Waals surface area contributed by atoms with Crippen LogP contribution >= 0.6 is 12.4 Å². The summed E-state index contributed by atoms with van der Waals surface area (Å²) >= 11 is 0. The Kier molecular flexibility index (Phi) is 8.66. The highest BCUT2D eigenvalue weighted by Crippen LogP contribution is 2.11. The molecule has 0 aliphatic carbocycles. The number of carbonyl (C=O) groups excluding carboxylic acids is 2. The molecule has 1 fully saturated rings. The first-order valence-corrected chi connectivity index (χ1v) is 8.06. The van der Waals surface area contributed by atoms with Crippen molar-refractivity contribution < 1.29 is 9.59 Å². The smallest absolute Gasteiger partial charge is 0.224 e. The predicted octanol–water partition coefficient (Wildman–Crippen LogP) is 2.61. The van der Waals surface area contributed by atoms with Crippen LogP contribution in [0.3, 0.4) is 0 Å². The van der Waals surface area contributed by atoms with E-state index in [0.29, 0.717) is 25.4 Å². The van der Waals surface area contributed by atoms with E-state index in [4.69, 9.17) is 0 Å². The highest BCUT2D eigenvalue weighted by molar-refractivity contribution is 5.90. The van der Waals surface area contributed by atoms with E-state index in [1.165, 1.54) is 0 Å². The molecule has 0 spiro atoms. The van der Waals surface area contributed by atoms with Gasteiger partial charge in [-0.25, -0.2) is 0 Å². The van der Waals surface area contributed by atoms with Gasteiger partial charge in [-0.1, -0.05) is 19.1 Å². The lowest BCUT2D eigenvalue weighted by Crippen LogP contribution is -2.31. The van der Waals surface area contributed by atoms with Gasteiger partial charge in [0.05, 0.1) is 0 Å². The van der Waals surface area contributed by atoms with Crippen LogP contribution in [0.4, 0.5) is 5.69 Å². The van der Waals surface area contributed by atoms with Crippen LogP contribution in [0.15, 0.2) is 24.3 Å². The van der Waals surface area contributed by atoms with Crippen LogP contribution in [0.2, 0.25) is 0 Å². The van der Waals surface area contributed by atoms with Crippen molar-refractivity contribution >= 4 is 29.9 Å². The van der Waals surface area contributed by atoms with Gasteiger partial charge in [0, 0.05) is 31.1 Å². The van der Waals surface area contributed by atoms with Crippen LogP contribution in [0.1, 0.15) is 44.6 Å². The monoisotopic (exact) mass is 339 g/mol. The number of halogens is 1. The van der Waals surface area contributed by atoms with Crippen molar-refractivity contribution in [3.8, 4) is 0 Å². The summed E-state index contributed by atoms with van der Waals surface area (Å²) in [7, 11) is 0. The molecule has 1 aliphatic heterocycles. The maximum absolute atomic E-state index is 11.8. The van der Waals surface area contributed by atoms with E-state index in [1.54, 1.807) is 0 Å². The van der Waals surface area contributed by atoms with Gasteiger partial charge in [0.15, 0.2) is 0 Å². The molecule has 1 unspecified atom stereocenters. The van der Waals surface area contributed by atoms with Gasteiger partial charge in [-0.05, 0) is 43.5 Å². The van der Waals surface area contributed by atoms with Crippen molar-refractivity contribution in [2.75, 3.05) is 11.9 Å². The number of carbonyl (C=O) groups is 2. The van der Waals surface area contributed by atoms with E-state index >= 15 is 0 Å². The minimum absolute atomic E-state index is 0. The maximum Gasteiger partial charge on any atom is 0.224 e. The molecule has 1 atom stereocenters. The fourth-order valence-corrected chi connectivity index (χ4v) is 2.58. The first kappa shape index (κ1) is 19.5. The number of hydrogen-bond acceptors (Lipinski definition) is 3. The van der Waals surface area contributed by atoms with Crippen molar-refractivity contribution in [2.24, 2.45) is 0 Å². The second kappa shape index (κ2) is 10.2. The minimum Gasteiger partial charge on any atom is -0.352 e. The van der Waals surface area contributed by atoms with Crippen molar-refractivity contribution in [2.45, 2.75) is 51.6 Å². The SMILES string of the molecule is CCCC(=O)Nc1ccc(CNC(=O)CC2CCCN2)cc1.Cl. The van der Waals surface area contributed by atoms with Gasteiger partial charge in [0.1, 0.15) is 0 Å². The van der Waals surface area contributed by atoms with E-state index < -0.39 is 0 Å². The molecule has 1 saturated heterocycles. The van der Waals surface area contributed by atoms with Crippen LogP contribution in [0.25, 0.3) is 0 Å². The van der Waals surface area contributed by atoms with Gasteiger partial charge in [-0.15, -0.1) is 12.4 Å². The summed E-state index contributed by atoms with van der Waals surface area (Å²) in [5, 5.41) is 9.11. The zero-order chi connectivity index (χ0) is 15.8. The summed E-state index contributed by atoms with van der Waals surface area (Å²) in [5.74, 6) is 0.118. The van der Waals surface area contributed by atoms with Gasteiger partial charge < -0.3 is 16.0 Å². The van der Waals surface area contributed by atoms with Crippen LogP contribution in [0, 0.1) is 0 Å². The van der Waals surface area contributed by atoms with E-state index in [0.717, 1.165) is 37.1 Å². The van der Waals surface area contributed by atoms with Crippen LogP contribution in [-0.4, -0.2) is 24.4 Å². The molecule has 128 valence electrons. The van der Waals surface area contributed by atoms with Crippen molar-refractivity contribution in [1.82, 2.24) is 10.6 Å². The minimum atomic E-state index is 0. The molecule has 1 aromatic carbocycles. The molecule has 6 heteroatoms. The number of anilines is 1. The van der Waals surface area contributed by atoms with Crippen LogP contribution in [-0.2, 0) is 16.1 Å². The Bertz CT molecular complexity index is 499. The third-order valence-corrected chi connectivity index (χ3v) is 3.80. The van der Waals surface area contributed by atoms with Crippen molar-refractivity contribution in [3.63, 3.8) is 0 Å². The van der Waals surface area contributed by atoms with Gasteiger partial charge in [0.2, 0.25) is 11.8 Å². The van der Waals surface area contributed by atoms with Gasteiger partial charge in [-0.3, -0.25) is 9.59 Å². The zero-order valence-electron chi connectivity index (χ0n) is 13.6. The summed E-state index contributed by atoms with van der Waals surface area (Å²) in [6.45, 7) is 3.52. The lowest BCUT2D eigenvalue weighted by molar-refractivity contribution is -0.121. The molecule has 2 amide bonds. The Morgan fingerprint density at radius 3 is 2.57 bits per heavy atom. The quantitative estimate of drug-likeness (QED) is 0.715. The molecule has 0 radical (unpaired) electrons. The zero-order valence-corrected chi connectivity index (χ0v) is 14.4. The Hall–Kier alpha value is -1.59. The molecule has 3 N–H and O–H groups in total. The highest BCUT2D eigenvalue weighted by atomic mass is 35.5. The maximum atomic E-state index is 11.8. The summed E-state index contributed by atoms with van der Waals surface area (Å²) in [6, 6.07) is 7.92. The molecule has 0 bridgehead atoms. The van der Waals surface area contributed by atoms with Crippen molar-refractivity contribution in [1.29, 1.82) is 0 Å². The molecule has 23 heavy (non-hydrogen) atoms. The highest BCUT2D eigenvalue weighted by Gasteiger charge is 2.17. The van der Waals surface area contributed by atoms with Gasteiger partial charge >= 0.3 is 0 Å². The van der Waals surface area contributed by atoms with Gasteiger partial charge in [0.25, 0.3) is 0 Å². The van der Waals surface area contributed by atoms with E-state index in [-0.39, 0.29) is 24.2 Å². The van der Waals surface area contributed by atoms with Crippen LogP contribution < -0.4 is 16.0 Å². The Balaban J connectivity index is 0.00000264. The second-order valence-electron chi connectivity index (χ2n) is 5.77. The fourth-order valence-electron chi connectivity index (χ4n) is 2.58. The average molecular weight is 340 g/mol. The number of rotatable bonds is 7. The molecule has 0 aromatic heterocycles. The topological polar surface area (TPSA) is 70.2 Å². The lowest BCUT2D eigenvalue weighted by atomic mass is 10.1. The predicted molar refractivity (Wildman–Crippen MR) is 94.7 cm³/mol. The van der Waals surface area contributed by atoms with E-state index in [2.05, 4.69) is 16.0 Å². The van der Waals surface area contributed by atoms with Crippen LogP contribution in [0.5, 0.6) is 0 Å². The molecule has 1 aliphatic rings. The Labute approximate surface area is 144 Å². The number of hydrogen-bond donors (Lipinski definition) is 3. The normalized spacial score (nSPS) is 16.5. The molecule has 2 rings (SSSR count). The standard InChI is InChI=1S/C17H25N3O2.ClH/c1-2-4-16(21)20-14-8-6-13(7-9-14)12-19-17(22)11-15-5-3-10-18-15;/h6-9,15,18H,2-5,10-12H2,1H3,(H,19,22)(H,20,21);1H. The van der Waals surface area contributed by atoms with Crippen molar-refractivity contribution in [3.05, 3.63) is 29.8 Å². The molecular formula is C17H26ClN3O2. The number of amides is 2. The third kappa shape index (κ3) is 7.01. The number of nitrogens with one attached hydrogen (secondary N) is 3. The first-order chi connectivity index (χ1) is 10.7. The summed E-state index contributed by atoms with van der Waals surface area (Å²) in [4.78, 5) is 23.4. The summed E-state index contributed by atoms with van der Waals surface area (Å²) < 4.78 is 0. The Morgan fingerprint density at radius 2 is 1.96 bits per heavy atom. The lowest BCUT2D eigenvalue weighted by Gasteiger charge is -2.11. The molecule has 5 nitrogen and oxygen atoms in total. The molecule has 1 heterocycles. The average Bonchev–Trinajstić information content (AvgIpc) is 3.00. The number of benzene rings is 1. The first-order valence-electron chi connectivity index (χ1n) is 8.06. The van der Waals surface area contributed by atoms with E-state index in [9.17, 15) is 9.59 Å². The molecule has 0 saturated carbocycles. The summed E-state index contributed by atoms with van der Waals surface area (Å²) in [5.41, 5.74) is 1.82. The molecular weight excluding hydrogens is 314 g/mol. The Morgan fingerprint density at radius 1 is 1.22 bits per heavy atom. The second-order valence-corrected chi connectivity index (χ2v) is 5.77. The van der Waals surface area contributed by atoms with Gasteiger partial charge in [-0.2, -0.15) is 0 Å². The van der Waals surface area contributed by atoms with E-state index in [1.807, 2.05) is 31.2 Å². The third-order valence-electron chi connectivity index (χ3n) is 3.80. The molecule has 1 aromatic rings.